The highest BCUT2D eigenvalue weighted by Crippen LogP contribution is 2.13. The third-order valence-electron chi connectivity index (χ3n) is 7.84. The topological polar surface area (TPSA) is 0 Å². The molecule has 0 heterocycles. The molecule has 0 saturated heterocycles. The molecule has 48 heavy (non-hydrogen) atoms. The van der Waals surface area contributed by atoms with Gasteiger partial charge in [0, 0.05) is 0 Å². The molecule has 0 amide bonds. The van der Waals surface area contributed by atoms with Crippen molar-refractivity contribution in [2.45, 2.75) is 133 Å². The van der Waals surface area contributed by atoms with Gasteiger partial charge in [0.25, 0.3) is 0 Å². The summed E-state index contributed by atoms with van der Waals surface area (Å²) in [7, 11) is 0. The van der Waals surface area contributed by atoms with Crippen molar-refractivity contribution < 1.29 is 0 Å². The summed E-state index contributed by atoms with van der Waals surface area (Å²) in [4.78, 5) is 0. The van der Waals surface area contributed by atoms with Crippen LogP contribution in [0.5, 0.6) is 0 Å². The molecule has 0 aromatic heterocycles. The largest absolute Gasteiger partial charge is 0.103 e. The highest BCUT2D eigenvalue weighted by molar-refractivity contribution is 5.48. The molecule has 0 radical (unpaired) electrons. The summed E-state index contributed by atoms with van der Waals surface area (Å²) < 4.78 is 0. The van der Waals surface area contributed by atoms with Crippen molar-refractivity contribution in [3.63, 3.8) is 0 Å². The third kappa shape index (κ3) is 29.7. The van der Waals surface area contributed by atoms with E-state index >= 15 is 0 Å². The van der Waals surface area contributed by atoms with Crippen LogP contribution in [-0.4, -0.2) is 0 Å². The minimum atomic E-state index is 0.995. The normalized spacial score (nSPS) is 12.0. The standard InChI is InChI=1S/C23H32.C17H28.C8H10/c1-20(2)12-10-14-22(4)16-11-15-21(3)13-8-9-19-23-17-6-5-7-18-23;1-6-7-11-16(4)13-9-14-17(5)12-8-10-15(2)3;1-2-8-6-4-3-5-7-8/h5-7,9,12-13,16-19H,8,10-11,14-15H2,1-4H3;6,10-11,14H,1,7-9,12-13H2,2-5H3;3-7H,2H2,1H3/b19-9+,21-13?,22-16+;16-11?,17-14+;. The Morgan fingerprint density at radius 1 is 0.500 bits per heavy atom. The average molecular weight is 647 g/mol. The van der Waals surface area contributed by atoms with Crippen molar-refractivity contribution in [3.05, 3.63) is 160 Å². The van der Waals surface area contributed by atoms with E-state index in [9.17, 15) is 0 Å². The number of hydrogen-bond acceptors (Lipinski definition) is 0. The number of benzene rings is 2. The average Bonchev–Trinajstić information content (AvgIpc) is 3.07. The van der Waals surface area contributed by atoms with E-state index in [1.165, 1.54) is 89.5 Å². The predicted octanol–water partition coefficient (Wildman–Crippen LogP) is 15.7. The zero-order valence-corrected chi connectivity index (χ0v) is 32.5. The van der Waals surface area contributed by atoms with Crippen molar-refractivity contribution in [2.75, 3.05) is 0 Å². The van der Waals surface area contributed by atoms with Gasteiger partial charge in [0.15, 0.2) is 0 Å². The van der Waals surface area contributed by atoms with Crippen molar-refractivity contribution in [2.24, 2.45) is 0 Å². The van der Waals surface area contributed by atoms with Crippen LogP contribution < -0.4 is 0 Å². The predicted molar refractivity (Wildman–Crippen MR) is 222 cm³/mol. The van der Waals surface area contributed by atoms with E-state index in [0.717, 1.165) is 25.7 Å². The monoisotopic (exact) mass is 647 g/mol. The highest BCUT2D eigenvalue weighted by Gasteiger charge is 1.93. The smallest absolute Gasteiger partial charge is 0.0163 e. The molecule has 0 spiro atoms. The highest BCUT2D eigenvalue weighted by atomic mass is 14.0. The molecule has 0 heteroatoms. The van der Waals surface area contributed by atoms with Crippen LogP contribution in [0.15, 0.2) is 149 Å². The molecule has 2 aromatic carbocycles. The van der Waals surface area contributed by atoms with E-state index in [1.807, 2.05) is 12.1 Å². The molecule has 0 unspecified atom stereocenters. The molecule has 0 nitrogen and oxygen atoms in total. The number of aryl methyl sites for hydroxylation is 1. The van der Waals surface area contributed by atoms with Gasteiger partial charge in [-0.25, -0.2) is 0 Å². The first kappa shape index (κ1) is 44.4. The molecule has 0 aliphatic heterocycles. The van der Waals surface area contributed by atoms with Crippen LogP contribution in [0, 0.1) is 0 Å². The Morgan fingerprint density at radius 3 is 1.29 bits per heavy atom. The van der Waals surface area contributed by atoms with Gasteiger partial charge in [-0.1, -0.05) is 156 Å². The van der Waals surface area contributed by atoms with Gasteiger partial charge < -0.3 is 0 Å². The summed E-state index contributed by atoms with van der Waals surface area (Å²) in [5.41, 5.74) is 11.5. The molecule has 0 saturated carbocycles. The molecule has 0 N–H and O–H groups in total. The van der Waals surface area contributed by atoms with Gasteiger partial charge in [0.05, 0.1) is 0 Å². The molecule has 0 bridgehead atoms. The lowest BCUT2D eigenvalue weighted by Crippen LogP contribution is -1.80. The van der Waals surface area contributed by atoms with Crippen LogP contribution in [0.4, 0.5) is 0 Å². The van der Waals surface area contributed by atoms with Crippen LogP contribution in [0.3, 0.4) is 0 Å². The summed E-state index contributed by atoms with van der Waals surface area (Å²) in [5.74, 6) is 0. The Balaban J connectivity index is 0.000000769. The molecule has 0 fully saturated rings. The quantitative estimate of drug-likeness (QED) is 0.141. The third-order valence-corrected chi connectivity index (χ3v) is 7.84. The van der Waals surface area contributed by atoms with Crippen molar-refractivity contribution >= 4 is 6.08 Å². The zero-order chi connectivity index (χ0) is 35.8. The fourth-order valence-electron chi connectivity index (χ4n) is 4.71. The molecule has 2 rings (SSSR count). The molecule has 262 valence electrons. The molecule has 2 aromatic rings. The van der Waals surface area contributed by atoms with Crippen LogP contribution >= 0.6 is 0 Å². The van der Waals surface area contributed by atoms with Crippen LogP contribution in [-0.2, 0) is 6.42 Å². The minimum absolute atomic E-state index is 0.995. The van der Waals surface area contributed by atoms with Gasteiger partial charge in [0.2, 0.25) is 0 Å². The molecule has 0 aliphatic carbocycles. The number of hydrogen-bond donors (Lipinski definition) is 0. The fraction of sp³-hybridized carbons (Fsp3) is 0.417. The summed E-state index contributed by atoms with van der Waals surface area (Å²) in [6, 6.07) is 20.9. The Bertz CT molecular complexity index is 1290. The van der Waals surface area contributed by atoms with Gasteiger partial charge >= 0.3 is 0 Å². The SMILES string of the molecule is C=CCC=C(C)CC/C=C(\C)CCC=C(C)C.CC(C)=CCC/C(C)=C/CCC(C)=CC/C=C/c1ccccc1.CCc1ccccc1. The van der Waals surface area contributed by atoms with Gasteiger partial charge in [-0.3, -0.25) is 0 Å². The Hall–Kier alpha value is -3.64. The second kappa shape index (κ2) is 30.7. The van der Waals surface area contributed by atoms with Gasteiger partial charge in [-0.05, 0) is 137 Å². The van der Waals surface area contributed by atoms with Crippen LogP contribution in [0.1, 0.15) is 138 Å². The number of rotatable bonds is 18. The maximum atomic E-state index is 3.73. The molecule has 0 aliphatic rings. The van der Waals surface area contributed by atoms with Crippen LogP contribution in [0.2, 0.25) is 0 Å². The summed E-state index contributed by atoms with van der Waals surface area (Å²) in [6.45, 7) is 23.5. The second-order valence-corrected chi connectivity index (χ2v) is 13.3. The Kier molecular flexibility index (Phi) is 28.4. The van der Waals surface area contributed by atoms with Crippen molar-refractivity contribution in [1.82, 2.24) is 0 Å². The molecular formula is C48H70. The van der Waals surface area contributed by atoms with Gasteiger partial charge in [-0.2, -0.15) is 0 Å². The minimum Gasteiger partial charge on any atom is -0.103 e. The van der Waals surface area contributed by atoms with E-state index in [2.05, 4.69) is 172 Å². The van der Waals surface area contributed by atoms with E-state index in [-0.39, 0.29) is 0 Å². The van der Waals surface area contributed by atoms with Gasteiger partial charge in [-0.15, -0.1) is 6.58 Å². The summed E-state index contributed by atoms with van der Waals surface area (Å²) in [5, 5.41) is 0. The van der Waals surface area contributed by atoms with E-state index in [1.54, 1.807) is 0 Å². The maximum absolute atomic E-state index is 3.73. The van der Waals surface area contributed by atoms with Crippen LogP contribution in [0.25, 0.3) is 6.08 Å². The van der Waals surface area contributed by atoms with E-state index in [0.29, 0.717) is 0 Å². The Labute approximate surface area is 298 Å². The van der Waals surface area contributed by atoms with Crippen molar-refractivity contribution in [3.8, 4) is 0 Å². The first-order chi connectivity index (χ1) is 23.1. The fourth-order valence-corrected chi connectivity index (χ4v) is 4.71. The van der Waals surface area contributed by atoms with E-state index in [4.69, 9.17) is 0 Å². The number of allylic oxidation sites excluding steroid dienone is 14. The van der Waals surface area contributed by atoms with E-state index < -0.39 is 0 Å². The first-order valence-corrected chi connectivity index (χ1v) is 18.3. The lowest BCUT2D eigenvalue weighted by atomic mass is 10.1. The molecular weight excluding hydrogens is 577 g/mol. The lowest BCUT2D eigenvalue weighted by Gasteiger charge is -2.01. The lowest BCUT2D eigenvalue weighted by molar-refractivity contribution is 0.915. The maximum Gasteiger partial charge on any atom is -0.0163 e. The zero-order valence-electron chi connectivity index (χ0n) is 32.5. The van der Waals surface area contributed by atoms with Gasteiger partial charge in [0.1, 0.15) is 0 Å². The second-order valence-electron chi connectivity index (χ2n) is 13.3. The van der Waals surface area contributed by atoms with Crippen molar-refractivity contribution in [1.29, 1.82) is 0 Å². The molecule has 0 atom stereocenters. The Morgan fingerprint density at radius 2 is 0.896 bits per heavy atom. The summed E-state index contributed by atoms with van der Waals surface area (Å²) >= 11 is 0. The first-order valence-electron chi connectivity index (χ1n) is 18.3. The summed E-state index contributed by atoms with van der Waals surface area (Å²) in [6.07, 6.45) is 32.9.